The van der Waals surface area contributed by atoms with Crippen molar-refractivity contribution in [2.75, 3.05) is 43.5 Å². The van der Waals surface area contributed by atoms with Crippen LogP contribution in [-0.4, -0.2) is 51.9 Å². The molecule has 33 heavy (non-hydrogen) atoms. The Labute approximate surface area is 198 Å². The number of carbonyl (C=O) groups is 1. The maximum Gasteiger partial charge on any atom is 0.255 e. The Morgan fingerprint density at radius 3 is 2.30 bits per heavy atom. The smallest absolute Gasteiger partial charge is 0.255 e. The molecule has 7 nitrogen and oxygen atoms in total. The standard InChI is InChI=1S/C24H24ClN3O4S/c1-32-23-8-3-2-7-22(23)27-13-15-28(16-14-27)33(30,31)21-11-9-20(10-12-21)26-24(29)18-5-4-6-19(25)17-18/h2-12,17H,13-16H2,1H3,(H,26,29). The van der Waals surface area contributed by atoms with Crippen LogP contribution in [0.4, 0.5) is 11.4 Å². The lowest BCUT2D eigenvalue weighted by molar-refractivity contribution is 0.102. The van der Waals surface area contributed by atoms with E-state index in [2.05, 4.69) is 10.2 Å². The summed E-state index contributed by atoms with van der Waals surface area (Å²) >= 11 is 5.94. The van der Waals surface area contributed by atoms with E-state index in [0.29, 0.717) is 42.5 Å². The molecule has 3 aromatic rings. The van der Waals surface area contributed by atoms with E-state index in [4.69, 9.17) is 16.3 Å². The molecule has 1 heterocycles. The number of para-hydroxylation sites is 2. The van der Waals surface area contributed by atoms with Crippen LogP contribution in [0.25, 0.3) is 0 Å². The Morgan fingerprint density at radius 2 is 1.64 bits per heavy atom. The van der Waals surface area contributed by atoms with Gasteiger partial charge in [-0.1, -0.05) is 29.8 Å². The first kappa shape index (κ1) is 23.1. The minimum absolute atomic E-state index is 0.189. The van der Waals surface area contributed by atoms with Gasteiger partial charge in [0.15, 0.2) is 0 Å². The number of nitrogens with one attached hydrogen (secondary N) is 1. The van der Waals surface area contributed by atoms with Gasteiger partial charge in [0, 0.05) is 42.5 Å². The molecule has 0 atom stereocenters. The van der Waals surface area contributed by atoms with E-state index in [1.807, 2.05) is 24.3 Å². The van der Waals surface area contributed by atoms with Crippen molar-refractivity contribution in [1.29, 1.82) is 0 Å². The van der Waals surface area contributed by atoms with Gasteiger partial charge in [-0.2, -0.15) is 4.31 Å². The summed E-state index contributed by atoms with van der Waals surface area (Å²) in [5, 5.41) is 3.22. The molecule has 0 bridgehead atoms. The molecule has 172 valence electrons. The van der Waals surface area contributed by atoms with E-state index in [1.165, 1.54) is 16.4 Å². The number of piperazine rings is 1. The van der Waals surface area contributed by atoms with E-state index in [0.717, 1.165) is 11.4 Å². The van der Waals surface area contributed by atoms with Crippen molar-refractivity contribution in [3.63, 3.8) is 0 Å². The quantitative estimate of drug-likeness (QED) is 0.568. The fraction of sp³-hybridized carbons (Fsp3) is 0.208. The van der Waals surface area contributed by atoms with Crippen LogP contribution in [0.5, 0.6) is 5.75 Å². The van der Waals surface area contributed by atoms with E-state index in [1.54, 1.807) is 43.5 Å². The zero-order chi connectivity index (χ0) is 23.4. The molecule has 0 unspecified atom stereocenters. The van der Waals surface area contributed by atoms with Gasteiger partial charge in [0.05, 0.1) is 17.7 Å². The summed E-state index contributed by atoms with van der Waals surface area (Å²) in [7, 11) is -2.02. The first-order valence-corrected chi connectivity index (χ1v) is 12.3. The van der Waals surface area contributed by atoms with Crippen molar-refractivity contribution in [1.82, 2.24) is 4.31 Å². The molecule has 0 aliphatic carbocycles. The average molecular weight is 486 g/mol. The largest absolute Gasteiger partial charge is 0.495 e. The summed E-state index contributed by atoms with van der Waals surface area (Å²) in [4.78, 5) is 14.7. The highest BCUT2D eigenvalue weighted by molar-refractivity contribution is 7.89. The molecule has 1 fully saturated rings. The number of hydrogen-bond acceptors (Lipinski definition) is 5. The minimum Gasteiger partial charge on any atom is -0.495 e. The first-order valence-electron chi connectivity index (χ1n) is 10.4. The second-order valence-corrected chi connectivity index (χ2v) is 9.93. The van der Waals surface area contributed by atoms with E-state index < -0.39 is 10.0 Å². The van der Waals surface area contributed by atoms with Gasteiger partial charge in [-0.05, 0) is 54.6 Å². The minimum atomic E-state index is -3.64. The molecule has 4 rings (SSSR count). The van der Waals surface area contributed by atoms with Crippen LogP contribution < -0.4 is 15.0 Å². The molecule has 0 saturated carbocycles. The zero-order valence-corrected chi connectivity index (χ0v) is 19.6. The molecule has 1 aliphatic rings. The lowest BCUT2D eigenvalue weighted by Crippen LogP contribution is -2.48. The van der Waals surface area contributed by atoms with Gasteiger partial charge in [0.25, 0.3) is 5.91 Å². The number of benzene rings is 3. The van der Waals surface area contributed by atoms with Gasteiger partial charge < -0.3 is 15.0 Å². The summed E-state index contributed by atoms with van der Waals surface area (Å²) < 4.78 is 33.2. The summed E-state index contributed by atoms with van der Waals surface area (Å²) in [6.07, 6.45) is 0. The predicted molar refractivity (Wildman–Crippen MR) is 130 cm³/mol. The maximum absolute atomic E-state index is 13.1. The summed E-state index contributed by atoms with van der Waals surface area (Å²) in [6.45, 7) is 1.86. The molecule has 1 amide bonds. The second kappa shape index (κ2) is 9.82. The number of methoxy groups -OCH3 is 1. The molecule has 1 saturated heterocycles. The number of amides is 1. The maximum atomic E-state index is 13.1. The number of rotatable bonds is 6. The van der Waals surface area contributed by atoms with Crippen LogP contribution >= 0.6 is 11.6 Å². The number of hydrogen-bond donors (Lipinski definition) is 1. The second-order valence-electron chi connectivity index (χ2n) is 7.55. The van der Waals surface area contributed by atoms with Crippen molar-refractivity contribution in [2.24, 2.45) is 0 Å². The van der Waals surface area contributed by atoms with Crippen LogP contribution in [0.2, 0.25) is 5.02 Å². The van der Waals surface area contributed by atoms with Crippen LogP contribution in [0.1, 0.15) is 10.4 Å². The third-order valence-corrected chi connectivity index (χ3v) is 7.65. The van der Waals surface area contributed by atoms with Gasteiger partial charge >= 0.3 is 0 Å². The molecular formula is C24H24ClN3O4S. The highest BCUT2D eigenvalue weighted by atomic mass is 35.5. The number of halogens is 1. The van der Waals surface area contributed by atoms with E-state index >= 15 is 0 Å². The Balaban J connectivity index is 1.41. The highest BCUT2D eigenvalue weighted by Gasteiger charge is 2.29. The average Bonchev–Trinajstić information content (AvgIpc) is 2.84. The van der Waals surface area contributed by atoms with E-state index in [9.17, 15) is 13.2 Å². The fourth-order valence-electron chi connectivity index (χ4n) is 3.75. The predicted octanol–water partition coefficient (Wildman–Crippen LogP) is 4.11. The number of anilines is 2. The van der Waals surface area contributed by atoms with Crippen molar-refractivity contribution in [3.8, 4) is 5.75 Å². The first-order chi connectivity index (χ1) is 15.9. The monoisotopic (exact) mass is 485 g/mol. The van der Waals surface area contributed by atoms with Gasteiger partial charge in [-0.3, -0.25) is 4.79 Å². The number of carbonyl (C=O) groups excluding carboxylic acids is 1. The van der Waals surface area contributed by atoms with Gasteiger partial charge in [0.2, 0.25) is 10.0 Å². The van der Waals surface area contributed by atoms with Crippen molar-refractivity contribution in [3.05, 3.63) is 83.4 Å². The number of sulfonamides is 1. The van der Waals surface area contributed by atoms with E-state index in [-0.39, 0.29) is 10.8 Å². The van der Waals surface area contributed by atoms with Crippen molar-refractivity contribution < 1.29 is 17.9 Å². The number of nitrogens with zero attached hydrogens (tertiary/aromatic N) is 2. The van der Waals surface area contributed by atoms with Gasteiger partial charge in [0.1, 0.15) is 5.75 Å². The lowest BCUT2D eigenvalue weighted by Gasteiger charge is -2.35. The molecule has 0 radical (unpaired) electrons. The highest BCUT2D eigenvalue weighted by Crippen LogP contribution is 2.29. The molecular weight excluding hydrogens is 462 g/mol. The Bertz CT molecular complexity index is 1240. The SMILES string of the molecule is COc1ccccc1N1CCN(S(=O)(=O)c2ccc(NC(=O)c3cccc(Cl)c3)cc2)CC1. The van der Waals surface area contributed by atoms with Crippen LogP contribution in [0, 0.1) is 0 Å². The zero-order valence-electron chi connectivity index (χ0n) is 18.1. The summed E-state index contributed by atoms with van der Waals surface area (Å²) in [5.74, 6) is 0.449. The topological polar surface area (TPSA) is 79.0 Å². The van der Waals surface area contributed by atoms with Gasteiger partial charge in [-0.15, -0.1) is 0 Å². The normalized spacial score (nSPS) is 14.7. The molecule has 0 spiro atoms. The van der Waals surface area contributed by atoms with Crippen molar-refractivity contribution in [2.45, 2.75) is 4.90 Å². The molecule has 9 heteroatoms. The molecule has 1 aliphatic heterocycles. The fourth-order valence-corrected chi connectivity index (χ4v) is 5.37. The van der Waals surface area contributed by atoms with Crippen LogP contribution in [-0.2, 0) is 10.0 Å². The number of ether oxygens (including phenoxy) is 1. The van der Waals surface area contributed by atoms with Crippen LogP contribution in [0.15, 0.2) is 77.7 Å². The van der Waals surface area contributed by atoms with Gasteiger partial charge in [-0.25, -0.2) is 8.42 Å². The Hall–Kier alpha value is -3.07. The molecule has 3 aromatic carbocycles. The molecule has 0 aromatic heterocycles. The third-order valence-electron chi connectivity index (χ3n) is 5.50. The summed E-state index contributed by atoms with van der Waals surface area (Å²) in [5.41, 5.74) is 1.88. The molecule has 1 N–H and O–H groups in total. The Morgan fingerprint density at radius 1 is 0.939 bits per heavy atom. The lowest BCUT2D eigenvalue weighted by atomic mass is 10.2. The Kier molecular flexibility index (Phi) is 6.88. The summed E-state index contributed by atoms with van der Waals surface area (Å²) in [6, 6.07) is 20.5. The van der Waals surface area contributed by atoms with Crippen LogP contribution in [0.3, 0.4) is 0 Å². The third kappa shape index (κ3) is 5.13. The van der Waals surface area contributed by atoms with Crippen molar-refractivity contribution >= 4 is 38.9 Å².